The van der Waals surface area contributed by atoms with Crippen molar-refractivity contribution in [3.63, 3.8) is 0 Å². The van der Waals surface area contributed by atoms with Crippen molar-refractivity contribution in [2.75, 3.05) is 43.3 Å². The van der Waals surface area contributed by atoms with Gasteiger partial charge in [0.05, 0.1) is 51.9 Å². The number of fused-ring (bicyclic) bond motifs is 3. The van der Waals surface area contributed by atoms with Crippen molar-refractivity contribution in [2.45, 2.75) is 82.5 Å². The Hall–Kier alpha value is -4.23. The van der Waals surface area contributed by atoms with Crippen LogP contribution in [0, 0.1) is 5.92 Å². The molecule has 0 aromatic heterocycles. The Morgan fingerprint density at radius 2 is 1.65 bits per heavy atom. The second kappa shape index (κ2) is 16.9. The van der Waals surface area contributed by atoms with Gasteiger partial charge in [0, 0.05) is 35.4 Å². The van der Waals surface area contributed by atoms with Crippen LogP contribution < -0.4 is 29.8 Å². The Bertz CT molecular complexity index is 2080. The monoisotopic (exact) mass is 811 g/mol. The molecule has 5 atom stereocenters. The van der Waals surface area contributed by atoms with E-state index in [9.17, 15) is 15.0 Å². The Morgan fingerprint density at radius 3 is 2.33 bits per heavy atom. The number of hydrogen-bond donors (Lipinski definition) is 3. The van der Waals surface area contributed by atoms with Crippen LogP contribution in [0.5, 0.6) is 11.5 Å². The van der Waals surface area contributed by atoms with Crippen molar-refractivity contribution in [3.8, 4) is 11.5 Å². The smallest absolute Gasteiger partial charge is 0.264 e. The Balaban J connectivity index is 1.19. The number of aliphatic hydroxyl groups is 2. The molecule has 3 heterocycles. The molecule has 0 aliphatic carbocycles. The van der Waals surface area contributed by atoms with E-state index in [-0.39, 0.29) is 49.1 Å². The van der Waals surface area contributed by atoms with E-state index >= 15 is 4.79 Å². The van der Waals surface area contributed by atoms with E-state index < -0.39 is 19.7 Å². The number of nitrogens with zero attached hydrogens (tertiary/aromatic N) is 2. The van der Waals surface area contributed by atoms with Crippen molar-refractivity contribution >= 4 is 53.7 Å². The number of benzene rings is 4. The van der Waals surface area contributed by atoms with Crippen molar-refractivity contribution in [3.05, 3.63) is 107 Å². The van der Waals surface area contributed by atoms with Crippen LogP contribution in [0.4, 0.5) is 17.1 Å². The lowest BCUT2D eigenvalue weighted by molar-refractivity contribution is -0.146. The van der Waals surface area contributed by atoms with Gasteiger partial charge < -0.3 is 34.6 Å². The van der Waals surface area contributed by atoms with Gasteiger partial charge in [0.15, 0.2) is 5.60 Å². The first-order chi connectivity index (χ1) is 27.5. The van der Waals surface area contributed by atoms with Crippen LogP contribution >= 0.6 is 11.6 Å². The molecule has 10 nitrogen and oxygen atoms in total. The molecule has 4 aromatic rings. The molecule has 0 bridgehead atoms. The normalized spacial score (nSPS) is 22.9. The summed E-state index contributed by atoms with van der Waals surface area (Å²) in [5, 5.41) is 24.7. The quantitative estimate of drug-likeness (QED) is 0.0882. The lowest BCUT2D eigenvalue weighted by atomic mass is 9.82. The highest BCUT2D eigenvalue weighted by Crippen LogP contribution is 2.60. The Labute approximate surface area is 341 Å². The fourth-order valence-electron chi connectivity index (χ4n) is 9.49. The number of unbranched alkanes of at least 4 members (excludes halogenated alkanes) is 1. The summed E-state index contributed by atoms with van der Waals surface area (Å²) in [6.45, 7) is 10.2. The molecule has 1 unspecified atom stereocenters. The van der Waals surface area contributed by atoms with Crippen LogP contribution in [0.2, 0.25) is 23.7 Å². The third-order valence-corrected chi connectivity index (χ3v) is 16.9. The van der Waals surface area contributed by atoms with Crippen molar-refractivity contribution < 1.29 is 34.0 Å². The van der Waals surface area contributed by atoms with Crippen molar-refractivity contribution in [1.82, 2.24) is 5.32 Å². The fourth-order valence-corrected chi connectivity index (χ4v) is 13.7. The van der Waals surface area contributed by atoms with Gasteiger partial charge in [0.2, 0.25) is 5.91 Å². The molecule has 2 amide bonds. The predicted octanol–water partition coefficient (Wildman–Crippen LogP) is 6.84. The van der Waals surface area contributed by atoms with E-state index in [1.807, 2.05) is 79.7 Å². The van der Waals surface area contributed by atoms with Gasteiger partial charge in [-0.05, 0) is 116 Å². The van der Waals surface area contributed by atoms with Crippen LogP contribution in [0.25, 0.3) is 0 Å². The first-order valence-electron chi connectivity index (χ1n) is 20.1. The minimum atomic E-state index is -2.33. The van der Waals surface area contributed by atoms with E-state index in [4.69, 9.17) is 25.8 Å². The maximum atomic E-state index is 15.1. The van der Waals surface area contributed by atoms with Gasteiger partial charge in [-0.2, -0.15) is 0 Å². The first kappa shape index (κ1) is 40.9. The maximum absolute atomic E-state index is 15.1. The number of hydrogen-bond acceptors (Lipinski definition) is 8. The summed E-state index contributed by atoms with van der Waals surface area (Å²) in [7, 11) is -0.670. The molecule has 1 fully saturated rings. The number of carbonyl (C=O) groups excluding carboxylic acids is 2. The first-order valence-corrected chi connectivity index (χ1v) is 23.5. The number of amides is 2. The molecule has 3 N–H and O–H groups in total. The second-order valence-corrected chi connectivity index (χ2v) is 21.1. The van der Waals surface area contributed by atoms with Crippen LogP contribution in [0.15, 0.2) is 84.9 Å². The molecular formula is C45H54ClN3O7Si. The Morgan fingerprint density at radius 1 is 0.930 bits per heavy atom. The average molecular weight is 812 g/mol. The lowest BCUT2D eigenvalue weighted by Gasteiger charge is -2.37. The van der Waals surface area contributed by atoms with Crippen LogP contribution in [-0.4, -0.2) is 75.7 Å². The summed E-state index contributed by atoms with van der Waals surface area (Å²) in [5.41, 5.74) is 3.69. The highest BCUT2D eigenvalue weighted by molar-refractivity contribution is 6.91. The van der Waals surface area contributed by atoms with E-state index in [1.165, 1.54) is 5.19 Å². The molecule has 4 aromatic carbocycles. The molecule has 3 aliphatic rings. The van der Waals surface area contributed by atoms with Gasteiger partial charge >= 0.3 is 0 Å². The number of nitrogens with one attached hydrogen (secondary N) is 1. The molecule has 7 rings (SSSR count). The molecule has 1 spiro atoms. The summed E-state index contributed by atoms with van der Waals surface area (Å²) < 4.78 is 18.3. The number of methoxy groups -OCH3 is 1. The number of anilines is 3. The van der Waals surface area contributed by atoms with Crippen molar-refractivity contribution in [2.24, 2.45) is 5.92 Å². The number of rotatable bonds is 15. The van der Waals surface area contributed by atoms with E-state index in [1.54, 1.807) is 16.9 Å². The highest BCUT2D eigenvalue weighted by atomic mass is 35.5. The zero-order valence-electron chi connectivity index (χ0n) is 33.5. The van der Waals surface area contributed by atoms with Crippen LogP contribution in [-0.2, 0) is 32.9 Å². The zero-order chi connectivity index (χ0) is 40.5. The minimum Gasteiger partial charge on any atom is -0.497 e. The van der Waals surface area contributed by atoms with Gasteiger partial charge in [-0.1, -0.05) is 61.1 Å². The Kier molecular flexibility index (Phi) is 12.2. The average Bonchev–Trinajstić information content (AvgIpc) is 3.63. The molecule has 3 aliphatic heterocycles. The summed E-state index contributed by atoms with van der Waals surface area (Å²) >= 11 is 6.67. The third kappa shape index (κ3) is 7.50. The second-order valence-electron chi connectivity index (χ2n) is 15.9. The van der Waals surface area contributed by atoms with E-state index in [0.717, 1.165) is 51.7 Å². The van der Waals surface area contributed by atoms with Gasteiger partial charge in [-0.25, -0.2) is 0 Å². The summed E-state index contributed by atoms with van der Waals surface area (Å²) in [6.07, 6.45) is 2.04. The zero-order valence-corrected chi connectivity index (χ0v) is 35.2. The predicted molar refractivity (Wildman–Crippen MR) is 227 cm³/mol. The lowest BCUT2D eigenvalue weighted by Crippen LogP contribution is -2.51. The summed E-state index contributed by atoms with van der Waals surface area (Å²) in [5.74, 6) is 1.15. The summed E-state index contributed by atoms with van der Waals surface area (Å²) in [4.78, 5) is 32.8. The standard InChI is InChI=1S/C45H54ClN3O7Si/c1-6-55-35-16-20-39-31(25-35)26-38(47-22-7-8-23-50)43(52)49(39)33-12-9-30(10-13-33)28-48-40-19-11-32(46)27-37(40)45(44(48)53)29(2)42(41(56-45)21-24-51)57(4,5)36-17-14-34(54-3)15-18-36/h9-20,25,27,29,38,41-42,47,50-51H,6-8,21-24,26,28H2,1-5H3/t29-,38?,41+,42-,45+/m0/s1. The fraction of sp³-hybridized carbons (Fsp3) is 0.422. The topological polar surface area (TPSA) is 121 Å². The van der Waals surface area contributed by atoms with Crippen LogP contribution in [0.3, 0.4) is 0 Å². The summed E-state index contributed by atoms with van der Waals surface area (Å²) in [6, 6.07) is 27.0. The third-order valence-electron chi connectivity index (χ3n) is 12.3. The molecular weight excluding hydrogens is 758 g/mol. The molecule has 12 heteroatoms. The van der Waals surface area contributed by atoms with Crippen LogP contribution in [0.1, 0.15) is 49.8 Å². The van der Waals surface area contributed by atoms with Gasteiger partial charge in [0.25, 0.3) is 5.91 Å². The maximum Gasteiger partial charge on any atom is 0.264 e. The molecule has 0 radical (unpaired) electrons. The molecule has 57 heavy (non-hydrogen) atoms. The van der Waals surface area contributed by atoms with Gasteiger partial charge in [-0.15, -0.1) is 0 Å². The van der Waals surface area contributed by atoms with E-state index in [0.29, 0.717) is 37.4 Å². The molecule has 302 valence electrons. The highest BCUT2D eigenvalue weighted by Gasteiger charge is 2.66. The molecule has 0 saturated carbocycles. The van der Waals surface area contributed by atoms with Gasteiger partial charge in [0.1, 0.15) is 11.5 Å². The molecule has 1 saturated heterocycles. The number of aliphatic hydroxyl groups excluding tert-OH is 2. The van der Waals surface area contributed by atoms with Crippen molar-refractivity contribution in [1.29, 1.82) is 0 Å². The SMILES string of the molecule is CCOc1ccc2c(c1)CC(NCCCCO)C(=O)N2c1ccc(CN2C(=O)[C@]3(O[C@H](CCO)[C@@H]([Si](C)(C)c4ccc(OC)cc4)[C@@H]3C)c3cc(Cl)ccc32)cc1. The number of carbonyl (C=O) groups is 2. The largest absolute Gasteiger partial charge is 0.497 e. The van der Waals surface area contributed by atoms with E-state index in [2.05, 4.69) is 37.5 Å². The van der Waals surface area contributed by atoms with Gasteiger partial charge in [-0.3, -0.25) is 14.5 Å². The number of halogens is 1. The number of ether oxygens (including phenoxy) is 3. The minimum absolute atomic E-state index is 0.00984.